The molecule has 1 aromatic heterocycles. The van der Waals surface area contributed by atoms with Crippen LogP contribution in [0.2, 0.25) is 0 Å². The number of carboxylic acid groups (broad SMARTS) is 1. The van der Waals surface area contributed by atoms with Gasteiger partial charge in [-0.1, -0.05) is 24.3 Å². The molecule has 0 spiro atoms. The van der Waals surface area contributed by atoms with Crippen LogP contribution in [-0.2, 0) is 17.9 Å². The topological polar surface area (TPSA) is 82.8 Å². The molecule has 2 aliphatic heterocycles. The molecule has 32 heavy (non-hydrogen) atoms. The number of aliphatic hydroxyl groups excluding tert-OH is 1. The molecule has 0 amide bonds. The Morgan fingerprint density at radius 3 is 2.66 bits per heavy atom. The summed E-state index contributed by atoms with van der Waals surface area (Å²) in [7, 11) is 0. The zero-order valence-corrected chi connectivity index (χ0v) is 17.8. The van der Waals surface area contributed by atoms with Crippen molar-refractivity contribution < 1.29 is 19.4 Å². The molecule has 3 aliphatic rings. The van der Waals surface area contributed by atoms with E-state index in [1.807, 2.05) is 12.1 Å². The molecule has 0 saturated carbocycles. The summed E-state index contributed by atoms with van der Waals surface area (Å²) in [6.07, 6.45) is 6.22. The Morgan fingerprint density at radius 2 is 1.97 bits per heavy atom. The fraction of sp³-hybridized carbons (Fsp3) is 0.440. The number of aromatic nitrogens is 1. The average molecular weight is 438 g/mol. The first-order valence-corrected chi connectivity index (χ1v) is 11.3. The highest BCUT2D eigenvalue weighted by Crippen LogP contribution is 2.50. The molecule has 6 nitrogen and oxygen atoms in total. The van der Waals surface area contributed by atoms with Gasteiger partial charge in [0.1, 0.15) is 11.9 Å². The fourth-order valence-corrected chi connectivity index (χ4v) is 5.92. The molecule has 7 heteroatoms. The molecule has 3 heterocycles. The molecule has 0 bridgehead atoms. The SMILES string of the molecule is O=C(O)[C@@H]1[C@@H](CO)[C@@H]2Cn3c(ccc(C4=CCCCC4)c3=O)[C@@H]2N1Cc1ccccc1F. The van der Waals surface area contributed by atoms with Gasteiger partial charge < -0.3 is 14.8 Å². The van der Waals surface area contributed by atoms with Gasteiger partial charge in [-0.25, -0.2) is 4.39 Å². The van der Waals surface area contributed by atoms with Crippen LogP contribution in [0, 0.1) is 17.7 Å². The van der Waals surface area contributed by atoms with E-state index < -0.39 is 23.7 Å². The summed E-state index contributed by atoms with van der Waals surface area (Å²) in [5.74, 6) is -2.19. The third-order valence-corrected chi connectivity index (χ3v) is 7.39. The number of benzene rings is 1. The number of nitrogens with zero attached hydrogens (tertiary/aromatic N) is 2. The normalized spacial score (nSPS) is 27.1. The van der Waals surface area contributed by atoms with Crippen LogP contribution >= 0.6 is 0 Å². The number of fused-ring (bicyclic) bond motifs is 3. The van der Waals surface area contributed by atoms with E-state index in [1.54, 1.807) is 27.7 Å². The molecule has 2 aromatic rings. The van der Waals surface area contributed by atoms with Gasteiger partial charge in [-0.05, 0) is 49.5 Å². The second kappa shape index (κ2) is 8.30. The number of likely N-dealkylation sites (tertiary alicyclic amines) is 1. The maximum absolute atomic E-state index is 14.4. The van der Waals surface area contributed by atoms with Gasteiger partial charge in [0, 0.05) is 48.4 Å². The van der Waals surface area contributed by atoms with E-state index in [0.717, 1.165) is 37.0 Å². The lowest BCUT2D eigenvalue weighted by Gasteiger charge is -2.29. The van der Waals surface area contributed by atoms with Crippen LogP contribution in [0.1, 0.15) is 48.5 Å². The Labute approximate surface area is 185 Å². The number of halogens is 1. The van der Waals surface area contributed by atoms with Crippen molar-refractivity contribution in [2.24, 2.45) is 11.8 Å². The van der Waals surface area contributed by atoms with Gasteiger partial charge in [0.25, 0.3) is 5.56 Å². The summed E-state index contributed by atoms with van der Waals surface area (Å²) in [5, 5.41) is 20.1. The predicted molar refractivity (Wildman–Crippen MR) is 117 cm³/mol. The van der Waals surface area contributed by atoms with Crippen LogP contribution in [0.25, 0.3) is 5.57 Å². The Hall–Kier alpha value is -2.77. The second-order valence-corrected chi connectivity index (χ2v) is 9.06. The fourth-order valence-electron chi connectivity index (χ4n) is 5.92. The Kier molecular flexibility index (Phi) is 5.47. The summed E-state index contributed by atoms with van der Waals surface area (Å²) in [4.78, 5) is 27.3. The number of rotatable bonds is 5. The number of aliphatic hydroxyl groups is 1. The van der Waals surface area contributed by atoms with Crippen LogP contribution in [0.4, 0.5) is 4.39 Å². The third-order valence-electron chi connectivity index (χ3n) is 7.39. The minimum atomic E-state index is -1.03. The quantitative estimate of drug-likeness (QED) is 0.749. The molecule has 4 atom stereocenters. The van der Waals surface area contributed by atoms with Gasteiger partial charge >= 0.3 is 5.97 Å². The minimum absolute atomic E-state index is 0.0561. The number of hydrogen-bond donors (Lipinski definition) is 2. The maximum Gasteiger partial charge on any atom is 0.321 e. The summed E-state index contributed by atoms with van der Waals surface area (Å²) >= 11 is 0. The van der Waals surface area contributed by atoms with E-state index in [-0.39, 0.29) is 30.7 Å². The molecule has 1 saturated heterocycles. The largest absolute Gasteiger partial charge is 0.480 e. The highest BCUT2D eigenvalue weighted by Gasteiger charge is 2.55. The highest BCUT2D eigenvalue weighted by atomic mass is 19.1. The third kappa shape index (κ3) is 3.31. The van der Waals surface area contributed by atoms with E-state index >= 15 is 0 Å². The lowest BCUT2D eigenvalue weighted by Crippen LogP contribution is -2.42. The van der Waals surface area contributed by atoms with Crippen molar-refractivity contribution in [1.29, 1.82) is 0 Å². The molecule has 2 N–H and O–H groups in total. The van der Waals surface area contributed by atoms with Crippen molar-refractivity contribution in [1.82, 2.24) is 9.47 Å². The van der Waals surface area contributed by atoms with Gasteiger partial charge in [-0.2, -0.15) is 0 Å². The number of allylic oxidation sites excluding steroid dienone is 2. The molecule has 1 aromatic carbocycles. The molecule has 1 aliphatic carbocycles. The summed E-state index contributed by atoms with van der Waals surface area (Å²) < 4.78 is 16.2. The molecule has 1 fully saturated rings. The first-order valence-electron chi connectivity index (χ1n) is 11.3. The summed E-state index contributed by atoms with van der Waals surface area (Å²) in [6, 6.07) is 8.80. The first-order chi connectivity index (χ1) is 15.5. The van der Waals surface area contributed by atoms with Gasteiger partial charge in [0.15, 0.2) is 0 Å². The number of carbonyl (C=O) groups is 1. The molecule has 5 rings (SSSR count). The van der Waals surface area contributed by atoms with Crippen molar-refractivity contribution >= 4 is 11.5 Å². The van der Waals surface area contributed by atoms with Crippen molar-refractivity contribution in [2.45, 2.75) is 50.9 Å². The minimum Gasteiger partial charge on any atom is -0.480 e. The summed E-state index contributed by atoms with van der Waals surface area (Å²) in [5.41, 5.74) is 2.89. The van der Waals surface area contributed by atoms with E-state index in [0.29, 0.717) is 17.7 Å². The molecular formula is C25H27FN2O4. The van der Waals surface area contributed by atoms with Gasteiger partial charge in [-0.15, -0.1) is 0 Å². The number of pyridine rings is 1. The van der Waals surface area contributed by atoms with Crippen molar-refractivity contribution in [2.75, 3.05) is 6.61 Å². The van der Waals surface area contributed by atoms with Crippen LogP contribution < -0.4 is 5.56 Å². The van der Waals surface area contributed by atoms with E-state index in [9.17, 15) is 24.2 Å². The molecule has 168 valence electrons. The van der Waals surface area contributed by atoms with E-state index in [4.69, 9.17) is 0 Å². The van der Waals surface area contributed by atoms with E-state index in [2.05, 4.69) is 6.08 Å². The Morgan fingerprint density at radius 1 is 1.16 bits per heavy atom. The standard InChI is InChI=1S/C25H27FN2O4/c26-20-9-5-4-8-16(20)12-28-22-18(19(14-29)23(28)25(31)32)13-27-21(22)11-10-17(24(27)30)15-6-2-1-3-7-15/h4-6,8-11,18-19,22-23,29H,1-3,7,12-14H2,(H,31,32)/t18-,19-,22+,23-/m0/s1. The smallest absolute Gasteiger partial charge is 0.321 e. The zero-order valence-electron chi connectivity index (χ0n) is 17.8. The maximum atomic E-state index is 14.4. The first kappa shape index (κ1) is 21.1. The number of hydrogen-bond acceptors (Lipinski definition) is 4. The van der Waals surface area contributed by atoms with E-state index in [1.165, 1.54) is 6.07 Å². The van der Waals surface area contributed by atoms with Crippen molar-refractivity contribution in [3.8, 4) is 0 Å². The van der Waals surface area contributed by atoms with Crippen molar-refractivity contribution in [3.05, 3.63) is 75.5 Å². The van der Waals surface area contributed by atoms with Crippen molar-refractivity contribution in [3.63, 3.8) is 0 Å². The monoisotopic (exact) mass is 438 g/mol. The molecule has 0 radical (unpaired) electrons. The molecule has 0 unspecified atom stereocenters. The number of carboxylic acids is 1. The highest BCUT2D eigenvalue weighted by molar-refractivity contribution is 5.75. The lowest BCUT2D eigenvalue weighted by atomic mass is 9.88. The zero-order chi connectivity index (χ0) is 22.4. The Bertz CT molecular complexity index is 1140. The van der Waals surface area contributed by atoms with Gasteiger partial charge in [0.05, 0.1) is 6.04 Å². The van der Waals surface area contributed by atoms with Gasteiger partial charge in [-0.3, -0.25) is 14.5 Å². The average Bonchev–Trinajstić information content (AvgIpc) is 3.32. The van der Waals surface area contributed by atoms with Crippen LogP contribution in [-0.4, -0.2) is 38.3 Å². The Balaban J connectivity index is 1.58. The number of aliphatic carboxylic acids is 1. The molecular weight excluding hydrogens is 411 g/mol. The summed E-state index contributed by atoms with van der Waals surface area (Å²) in [6.45, 7) is 0.164. The second-order valence-electron chi connectivity index (χ2n) is 9.06. The predicted octanol–water partition coefficient (Wildman–Crippen LogP) is 3.19. The van der Waals surface area contributed by atoms with Gasteiger partial charge in [0.2, 0.25) is 0 Å². The lowest BCUT2D eigenvalue weighted by molar-refractivity contribution is -0.145. The van der Waals surface area contributed by atoms with Crippen LogP contribution in [0.3, 0.4) is 0 Å². The van der Waals surface area contributed by atoms with Crippen LogP contribution in [0.15, 0.2) is 47.3 Å². The van der Waals surface area contributed by atoms with Crippen LogP contribution in [0.5, 0.6) is 0 Å².